The lowest BCUT2D eigenvalue weighted by Gasteiger charge is -2.08. The monoisotopic (exact) mass is 348 g/mol. The van der Waals surface area contributed by atoms with Crippen molar-refractivity contribution in [3.05, 3.63) is 109 Å². The van der Waals surface area contributed by atoms with Gasteiger partial charge in [-0.3, -0.25) is 0 Å². The molecule has 4 aromatic rings. The summed E-state index contributed by atoms with van der Waals surface area (Å²) in [6.07, 6.45) is 4.06. The Hall–Kier alpha value is -3.12. The van der Waals surface area contributed by atoms with E-state index in [4.69, 9.17) is 0 Å². The second-order valence-corrected chi connectivity index (χ2v) is 7.17. The van der Waals surface area contributed by atoms with Crippen molar-refractivity contribution in [2.45, 2.75) is 19.8 Å². The third-order valence-corrected chi connectivity index (χ3v) is 5.14. The van der Waals surface area contributed by atoms with Gasteiger partial charge in [0.1, 0.15) is 0 Å². The van der Waals surface area contributed by atoms with E-state index in [2.05, 4.69) is 98.4 Å². The van der Waals surface area contributed by atoms with E-state index in [1.54, 1.807) is 0 Å². The molecule has 27 heavy (non-hydrogen) atoms. The van der Waals surface area contributed by atoms with Gasteiger partial charge in [-0.1, -0.05) is 90.5 Å². The molecule has 0 atom stereocenters. The molecule has 4 rings (SSSR count). The molecule has 0 radical (unpaired) electrons. The van der Waals surface area contributed by atoms with Crippen LogP contribution in [0.25, 0.3) is 33.0 Å². The summed E-state index contributed by atoms with van der Waals surface area (Å²) in [5.41, 5.74) is 7.70. The molecule has 0 fully saturated rings. The average molecular weight is 348 g/mol. The van der Waals surface area contributed by atoms with Gasteiger partial charge in [0, 0.05) is 0 Å². The lowest BCUT2D eigenvalue weighted by atomic mass is 9.97. The number of rotatable bonds is 5. The van der Waals surface area contributed by atoms with Crippen LogP contribution in [0.1, 0.15) is 17.5 Å². The molecule has 0 unspecified atom stereocenters. The number of fused-ring (bicyclic) bond motifs is 1. The van der Waals surface area contributed by atoms with E-state index in [9.17, 15) is 0 Å². The fraction of sp³-hybridized carbons (Fsp3) is 0.111. The lowest BCUT2D eigenvalue weighted by Crippen LogP contribution is -1.85. The van der Waals surface area contributed by atoms with Crippen LogP contribution in [0.5, 0.6) is 0 Å². The first kappa shape index (κ1) is 17.3. The zero-order valence-corrected chi connectivity index (χ0v) is 15.8. The summed E-state index contributed by atoms with van der Waals surface area (Å²) in [5, 5.41) is 2.59. The Morgan fingerprint density at radius 2 is 1.15 bits per heavy atom. The molecule has 0 heteroatoms. The van der Waals surface area contributed by atoms with Gasteiger partial charge in [0.15, 0.2) is 0 Å². The second kappa shape index (κ2) is 7.63. The molecule has 0 bridgehead atoms. The van der Waals surface area contributed by atoms with Gasteiger partial charge in [-0.2, -0.15) is 0 Å². The maximum absolute atomic E-state index is 3.81. The van der Waals surface area contributed by atoms with E-state index in [0.717, 1.165) is 12.8 Å². The molecular formula is C27H24. The number of hydrogen-bond acceptors (Lipinski definition) is 0. The highest BCUT2D eigenvalue weighted by molar-refractivity contribution is 5.88. The molecule has 0 heterocycles. The molecule has 0 N–H and O–H groups in total. The smallest absolute Gasteiger partial charge is 0.0178 e. The van der Waals surface area contributed by atoms with Crippen LogP contribution in [0.15, 0.2) is 97.6 Å². The Balaban J connectivity index is 1.61. The van der Waals surface area contributed by atoms with Gasteiger partial charge in [0.25, 0.3) is 0 Å². The lowest BCUT2D eigenvalue weighted by molar-refractivity contribution is 1.01. The van der Waals surface area contributed by atoms with Crippen LogP contribution in [0.2, 0.25) is 0 Å². The Morgan fingerprint density at radius 3 is 1.81 bits per heavy atom. The van der Waals surface area contributed by atoms with E-state index in [-0.39, 0.29) is 0 Å². The van der Waals surface area contributed by atoms with Crippen LogP contribution >= 0.6 is 0 Å². The summed E-state index contributed by atoms with van der Waals surface area (Å²) >= 11 is 0. The van der Waals surface area contributed by atoms with Crippen molar-refractivity contribution in [2.24, 2.45) is 0 Å². The van der Waals surface area contributed by atoms with Crippen molar-refractivity contribution in [2.75, 3.05) is 0 Å². The van der Waals surface area contributed by atoms with E-state index in [1.807, 2.05) is 6.08 Å². The van der Waals surface area contributed by atoms with E-state index in [1.165, 1.54) is 44.2 Å². The van der Waals surface area contributed by atoms with Gasteiger partial charge in [0.2, 0.25) is 0 Å². The minimum absolute atomic E-state index is 1.02. The number of hydrogen-bond donors (Lipinski definition) is 0. The van der Waals surface area contributed by atoms with E-state index < -0.39 is 0 Å². The largest absolute Gasteiger partial charge is 0.103 e. The summed E-state index contributed by atoms with van der Waals surface area (Å²) < 4.78 is 0. The van der Waals surface area contributed by atoms with Gasteiger partial charge in [0.05, 0.1) is 0 Å². The van der Waals surface area contributed by atoms with Crippen molar-refractivity contribution in [1.29, 1.82) is 0 Å². The highest BCUT2D eigenvalue weighted by Crippen LogP contribution is 2.28. The molecule has 0 amide bonds. The van der Waals surface area contributed by atoms with Crippen LogP contribution in [-0.2, 0) is 6.42 Å². The molecule has 0 spiro atoms. The van der Waals surface area contributed by atoms with Crippen molar-refractivity contribution < 1.29 is 0 Å². The van der Waals surface area contributed by atoms with E-state index in [0.29, 0.717) is 0 Å². The zero-order chi connectivity index (χ0) is 18.6. The van der Waals surface area contributed by atoms with Crippen LogP contribution in [0.3, 0.4) is 0 Å². The molecule has 0 saturated heterocycles. The van der Waals surface area contributed by atoms with Gasteiger partial charge in [-0.05, 0) is 64.4 Å². The predicted molar refractivity (Wildman–Crippen MR) is 118 cm³/mol. The third kappa shape index (κ3) is 3.85. The molecular weight excluding hydrogens is 324 g/mol. The Morgan fingerprint density at radius 1 is 0.630 bits per heavy atom. The summed E-state index contributed by atoms with van der Waals surface area (Å²) in [6, 6.07) is 31.1. The molecule has 0 aliphatic rings. The minimum atomic E-state index is 1.02. The Labute approximate surface area is 161 Å². The highest BCUT2D eigenvalue weighted by atomic mass is 14.1. The molecule has 0 aliphatic carbocycles. The first-order chi connectivity index (χ1) is 13.2. The summed E-state index contributed by atoms with van der Waals surface area (Å²) in [7, 11) is 0. The fourth-order valence-electron chi connectivity index (χ4n) is 3.50. The van der Waals surface area contributed by atoms with E-state index >= 15 is 0 Å². The van der Waals surface area contributed by atoms with Crippen molar-refractivity contribution in [3.63, 3.8) is 0 Å². The SMILES string of the molecule is C=CCCc1ccc2cc(-c3ccc(-c4ccc(C)cc4)cc3)ccc2c1. The van der Waals surface area contributed by atoms with Gasteiger partial charge in [-0.25, -0.2) is 0 Å². The summed E-state index contributed by atoms with van der Waals surface area (Å²) in [5.74, 6) is 0. The first-order valence-corrected chi connectivity index (χ1v) is 9.54. The van der Waals surface area contributed by atoms with Crippen molar-refractivity contribution in [1.82, 2.24) is 0 Å². The highest BCUT2D eigenvalue weighted by Gasteiger charge is 2.03. The topological polar surface area (TPSA) is 0 Å². The standard InChI is InChI=1S/C27H24/c1-3-4-5-21-8-11-27-19-26(17-16-25(27)18-21)24-14-12-23(13-15-24)22-9-6-20(2)7-10-22/h3,6-19H,1,4-5H2,2H3. The van der Waals surface area contributed by atoms with Gasteiger partial charge >= 0.3 is 0 Å². The Kier molecular flexibility index (Phi) is 4.89. The quantitative estimate of drug-likeness (QED) is 0.326. The fourth-order valence-corrected chi connectivity index (χ4v) is 3.50. The Bertz CT molecular complexity index is 1070. The van der Waals surface area contributed by atoms with Gasteiger partial charge < -0.3 is 0 Å². The zero-order valence-electron chi connectivity index (χ0n) is 15.8. The molecule has 0 nitrogen and oxygen atoms in total. The third-order valence-electron chi connectivity index (χ3n) is 5.14. The molecule has 0 aromatic heterocycles. The molecule has 4 aromatic carbocycles. The first-order valence-electron chi connectivity index (χ1n) is 9.54. The van der Waals surface area contributed by atoms with Crippen LogP contribution in [-0.4, -0.2) is 0 Å². The normalized spacial score (nSPS) is 10.9. The maximum Gasteiger partial charge on any atom is -0.0178 e. The van der Waals surface area contributed by atoms with Crippen molar-refractivity contribution >= 4 is 10.8 Å². The van der Waals surface area contributed by atoms with Crippen LogP contribution < -0.4 is 0 Å². The maximum atomic E-state index is 3.81. The second-order valence-electron chi connectivity index (χ2n) is 7.17. The van der Waals surface area contributed by atoms with Crippen molar-refractivity contribution in [3.8, 4) is 22.3 Å². The number of allylic oxidation sites excluding steroid dienone is 1. The predicted octanol–water partition coefficient (Wildman–Crippen LogP) is 7.60. The van der Waals surface area contributed by atoms with Gasteiger partial charge in [-0.15, -0.1) is 6.58 Å². The number of benzene rings is 4. The minimum Gasteiger partial charge on any atom is -0.103 e. The number of aryl methyl sites for hydroxylation is 2. The summed E-state index contributed by atoms with van der Waals surface area (Å²) in [4.78, 5) is 0. The summed E-state index contributed by atoms with van der Waals surface area (Å²) in [6.45, 7) is 5.93. The average Bonchev–Trinajstić information content (AvgIpc) is 2.72. The molecule has 0 aliphatic heterocycles. The molecule has 132 valence electrons. The van der Waals surface area contributed by atoms with Crippen LogP contribution in [0, 0.1) is 6.92 Å². The molecule has 0 saturated carbocycles. The van der Waals surface area contributed by atoms with Crippen LogP contribution in [0.4, 0.5) is 0 Å².